The Kier molecular flexibility index (Phi) is 8.12. The predicted molar refractivity (Wildman–Crippen MR) is 82.2 cm³/mol. The van der Waals surface area contributed by atoms with E-state index in [2.05, 4.69) is 10.1 Å². The molecule has 6 heteroatoms. The molecule has 0 atom stereocenters. The summed E-state index contributed by atoms with van der Waals surface area (Å²) in [5.74, 6) is -0.282. The fourth-order valence-corrected chi connectivity index (χ4v) is 2.48. The molecule has 122 valence electrons. The number of hydrogen-bond donors (Lipinski definition) is 1. The normalized spacial score (nSPS) is 15.8. The molecule has 1 aliphatic rings. The smallest absolute Gasteiger partial charge is 0.317 e. The summed E-state index contributed by atoms with van der Waals surface area (Å²) in [6.45, 7) is 1.79. The lowest BCUT2D eigenvalue weighted by Crippen LogP contribution is -2.48. The molecule has 21 heavy (non-hydrogen) atoms. The first-order chi connectivity index (χ1) is 10.0. The maximum atomic E-state index is 12.4. The maximum Gasteiger partial charge on any atom is 0.317 e. The number of nitrogens with zero attached hydrogens (tertiary/aromatic N) is 2. The minimum absolute atomic E-state index is 0.0624. The quantitative estimate of drug-likeness (QED) is 0.723. The average Bonchev–Trinajstić information content (AvgIpc) is 2.47. The lowest BCUT2D eigenvalue weighted by Gasteiger charge is -2.29. The van der Waals surface area contributed by atoms with Crippen LogP contribution in [0.5, 0.6) is 0 Å². The van der Waals surface area contributed by atoms with E-state index < -0.39 is 0 Å². The van der Waals surface area contributed by atoms with Crippen molar-refractivity contribution in [3.63, 3.8) is 0 Å². The lowest BCUT2D eigenvalue weighted by molar-refractivity contribution is -0.140. The van der Waals surface area contributed by atoms with Crippen molar-refractivity contribution in [1.29, 1.82) is 0 Å². The molecule has 0 saturated heterocycles. The summed E-state index contributed by atoms with van der Waals surface area (Å²) in [5.41, 5.74) is 0. The molecule has 1 saturated carbocycles. The number of carbonyl (C=O) groups is 2. The molecule has 0 unspecified atom stereocenters. The molecule has 2 amide bonds. The molecule has 6 nitrogen and oxygen atoms in total. The van der Waals surface area contributed by atoms with Crippen LogP contribution in [0.2, 0.25) is 0 Å². The van der Waals surface area contributed by atoms with Gasteiger partial charge >= 0.3 is 12.0 Å². The average molecular weight is 299 g/mol. The van der Waals surface area contributed by atoms with Crippen molar-refractivity contribution in [2.24, 2.45) is 0 Å². The molecule has 0 aliphatic heterocycles. The largest absolute Gasteiger partial charge is 0.469 e. The highest BCUT2D eigenvalue weighted by Crippen LogP contribution is 2.17. The van der Waals surface area contributed by atoms with E-state index in [9.17, 15) is 9.59 Å². The fourth-order valence-electron chi connectivity index (χ4n) is 2.48. The van der Waals surface area contributed by atoms with Gasteiger partial charge in [-0.1, -0.05) is 19.3 Å². The van der Waals surface area contributed by atoms with Crippen LogP contribution in [0.25, 0.3) is 0 Å². The van der Waals surface area contributed by atoms with Crippen LogP contribution in [0.15, 0.2) is 0 Å². The lowest BCUT2D eigenvalue weighted by atomic mass is 9.96. The van der Waals surface area contributed by atoms with E-state index in [4.69, 9.17) is 0 Å². The third kappa shape index (κ3) is 7.32. The van der Waals surface area contributed by atoms with E-state index in [0.29, 0.717) is 13.1 Å². The highest BCUT2D eigenvalue weighted by molar-refractivity contribution is 5.76. The molecule has 1 rings (SSSR count). The van der Waals surface area contributed by atoms with Crippen molar-refractivity contribution in [3.05, 3.63) is 0 Å². The molecule has 0 bridgehead atoms. The van der Waals surface area contributed by atoms with Crippen molar-refractivity contribution in [2.75, 3.05) is 40.8 Å². The number of nitrogens with one attached hydrogen (secondary N) is 1. The number of urea groups is 1. The molecule has 0 aromatic carbocycles. The highest BCUT2D eigenvalue weighted by Gasteiger charge is 2.20. The Morgan fingerprint density at radius 1 is 1.10 bits per heavy atom. The molecule has 0 heterocycles. The number of amides is 2. The number of hydrogen-bond acceptors (Lipinski definition) is 4. The van der Waals surface area contributed by atoms with Gasteiger partial charge in [-0.3, -0.25) is 4.79 Å². The van der Waals surface area contributed by atoms with Gasteiger partial charge < -0.3 is 19.9 Å². The molecule has 1 fully saturated rings. The van der Waals surface area contributed by atoms with E-state index >= 15 is 0 Å². The third-order valence-corrected chi connectivity index (χ3v) is 3.85. The van der Waals surface area contributed by atoms with Gasteiger partial charge in [0.25, 0.3) is 0 Å². The van der Waals surface area contributed by atoms with Gasteiger partial charge in [-0.15, -0.1) is 0 Å². The number of methoxy groups -OCH3 is 1. The summed E-state index contributed by atoms with van der Waals surface area (Å²) >= 11 is 0. The van der Waals surface area contributed by atoms with Crippen LogP contribution in [0.4, 0.5) is 4.79 Å². The Hall–Kier alpha value is -1.30. The predicted octanol–water partition coefficient (Wildman–Crippen LogP) is 1.46. The Bertz CT molecular complexity index is 328. The van der Waals surface area contributed by atoms with Crippen LogP contribution >= 0.6 is 0 Å². The zero-order chi connectivity index (χ0) is 15.7. The fraction of sp³-hybridized carbons (Fsp3) is 0.867. The second kappa shape index (κ2) is 9.60. The highest BCUT2D eigenvalue weighted by atomic mass is 16.5. The van der Waals surface area contributed by atoms with Gasteiger partial charge in [0.05, 0.1) is 13.5 Å². The number of rotatable bonds is 7. The van der Waals surface area contributed by atoms with Crippen molar-refractivity contribution in [1.82, 2.24) is 15.1 Å². The van der Waals surface area contributed by atoms with Crippen LogP contribution in [0.3, 0.4) is 0 Å². The first-order valence-electron chi connectivity index (χ1n) is 7.80. The zero-order valence-corrected chi connectivity index (χ0v) is 13.6. The number of likely N-dealkylation sites (N-methyl/N-ethyl adjacent to an activating group) is 1. The molecule has 1 N–H and O–H groups in total. The van der Waals surface area contributed by atoms with Gasteiger partial charge in [0.15, 0.2) is 0 Å². The molecule has 1 aliphatic carbocycles. The van der Waals surface area contributed by atoms with Crippen molar-refractivity contribution >= 4 is 12.0 Å². The monoisotopic (exact) mass is 299 g/mol. The topological polar surface area (TPSA) is 61.9 Å². The number of carbonyl (C=O) groups excluding carboxylic acids is 2. The second-order valence-electron chi connectivity index (χ2n) is 5.90. The van der Waals surface area contributed by atoms with Crippen LogP contribution in [-0.4, -0.2) is 68.7 Å². The Labute approximate surface area is 127 Å². The Balaban J connectivity index is 2.47. The molecule has 0 aromatic rings. The van der Waals surface area contributed by atoms with Gasteiger partial charge in [-0.25, -0.2) is 4.79 Å². The van der Waals surface area contributed by atoms with Crippen molar-refractivity contribution in [3.8, 4) is 0 Å². The van der Waals surface area contributed by atoms with Crippen LogP contribution in [0, 0.1) is 0 Å². The summed E-state index contributed by atoms with van der Waals surface area (Å²) in [4.78, 5) is 27.4. The van der Waals surface area contributed by atoms with E-state index in [1.807, 2.05) is 19.0 Å². The Morgan fingerprint density at radius 3 is 2.33 bits per heavy atom. The maximum absolute atomic E-state index is 12.4. The standard InChI is InChI=1S/C15H29N3O3/c1-17(2)11-12-18(10-9-14(19)21-3)15(20)16-13-7-5-4-6-8-13/h13H,4-12H2,1-3H3,(H,16,20). The van der Waals surface area contributed by atoms with Gasteiger partial charge in [0.1, 0.15) is 0 Å². The minimum atomic E-state index is -0.282. The second-order valence-corrected chi connectivity index (χ2v) is 5.90. The summed E-state index contributed by atoms with van der Waals surface area (Å²) in [6, 6.07) is 0.221. The first-order valence-corrected chi connectivity index (χ1v) is 7.80. The van der Waals surface area contributed by atoms with E-state index in [0.717, 1.165) is 19.4 Å². The first kappa shape index (κ1) is 17.8. The Morgan fingerprint density at radius 2 is 1.76 bits per heavy atom. The van der Waals surface area contributed by atoms with Gasteiger partial charge in [-0.2, -0.15) is 0 Å². The summed E-state index contributed by atoms with van der Waals surface area (Å²) < 4.78 is 4.65. The van der Waals surface area contributed by atoms with Gasteiger partial charge in [-0.05, 0) is 26.9 Å². The van der Waals surface area contributed by atoms with Crippen LogP contribution in [-0.2, 0) is 9.53 Å². The van der Waals surface area contributed by atoms with E-state index in [1.165, 1.54) is 26.4 Å². The van der Waals surface area contributed by atoms with Gasteiger partial charge in [0.2, 0.25) is 0 Å². The molecule has 0 radical (unpaired) electrons. The molecule has 0 aromatic heterocycles. The van der Waals surface area contributed by atoms with E-state index in [-0.39, 0.29) is 24.5 Å². The number of ether oxygens (including phenoxy) is 1. The molecular weight excluding hydrogens is 270 g/mol. The SMILES string of the molecule is COC(=O)CCN(CCN(C)C)C(=O)NC1CCCCC1. The summed E-state index contributed by atoms with van der Waals surface area (Å²) in [5, 5.41) is 3.10. The molecular formula is C15H29N3O3. The van der Waals surface area contributed by atoms with Gasteiger partial charge in [0, 0.05) is 25.7 Å². The molecule has 0 spiro atoms. The number of esters is 1. The summed E-state index contributed by atoms with van der Waals surface area (Å²) in [6.07, 6.45) is 5.99. The van der Waals surface area contributed by atoms with E-state index in [1.54, 1.807) is 4.90 Å². The third-order valence-electron chi connectivity index (χ3n) is 3.85. The summed E-state index contributed by atoms with van der Waals surface area (Å²) in [7, 11) is 5.31. The van der Waals surface area contributed by atoms with Crippen LogP contribution < -0.4 is 5.32 Å². The minimum Gasteiger partial charge on any atom is -0.469 e. The van der Waals surface area contributed by atoms with Crippen LogP contribution in [0.1, 0.15) is 38.5 Å². The van der Waals surface area contributed by atoms with Crippen molar-refractivity contribution < 1.29 is 14.3 Å². The van der Waals surface area contributed by atoms with Crippen molar-refractivity contribution in [2.45, 2.75) is 44.6 Å². The zero-order valence-electron chi connectivity index (χ0n) is 13.6.